The highest BCUT2D eigenvalue weighted by Crippen LogP contribution is 2.30. The number of sulfonamides is 1. The molecule has 0 radical (unpaired) electrons. The van der Waals surface area contributed by atoms with Gasteiger partial charge in [0.1, 0.15) is 0 Å². The number of nitrogens with two attached hydrogens (primary N) is 1. The standard InChI is InChI=1S/C21H26N4O3S/c1-14-5-3-4-6-19(14)29(26,27)24-21-20-15(2)11-16(12-18(20)28-23-21)13-25-9-7-17(22)8-10-25/h3-6,11-12,17H,7-10,13,22H2,1-2H3,(H,23,24). The topological polar surface area (TPSA) is 101 Å². The van der Waals surface area contributed by atoms with E-state index in [4.69, 9.17) is 10.3 Å². The first-order valence-corrected chi connectivity index (χ1v) is 11.3. The minimum atomic E-state index is -3.75. The van der Waals surface area contributed by atoms with Crippen molar-refractivity contribution < 1.29 is 12.9 Å². The van der Waals surface area contributed by atoms with Crippen molar-refractivity contribution >= 4 is 26.8 Å². The summed E-state index contributed by atoms with van der Waals surface area (Å²) in [4.78, 5) is 2.61. The Balaban J connectivity index is 1.60. The summed E-state index contributed by atoms with van der Waals surface area (Å²) in [5.41, 5.74) is 9.29. The van der Waals surface area contributed by atoms with E-state index in [1.54, 1.807) is 25.1 Å². The molecule has 1 saturated heterocycles. The van der Waals surface area contributed by atoms with Crippen molar-refractivity contribution in [2.75, 3.05) is 17.8 Å². The van der Waals surface area contributed by atoms with E-state index in [9.17, 15) is 8.42 Å². The molecule has 0 bridgehead atoms. The van der Waals surface area contributed by atoms with E-state index >= 15 is 0 Å². The van der Waals surface area contributed by atoms with Crippen LogP contribution in [0.4, 0.5) is 5.82 Å². The van der Waals surface area contributed by atoms with Crippen LogP contribution in [-0.2, 0) is 16.6 Å². The van der Waals surface area contributed by atoms with Crippen LogP contribution in [0.2, 0.25) is 0 Å². The van der Waals surface area contributed by atoms with Crippen LogP contribution in [0.25, 0.3) is 11.0 Å². The number of likely N-dealkylation sites (tertiary alicyclic amines) is 1. The average Bonchev–Trinajstić information content (AvgIpc) is 3.06. The second kappa shape index (κ2) is 7.78. The molecule has 0 unspecified atom stereocenters. The Morgan fingerprint density at radius 2 is 1.90 bits per heavy atom. The van der Waals surface area contributed by atoms with Gasteiger partial charge in [-0.25, -0.2) is 8.42 Å². The molecule has 2 heterocycles. The largest absolute Gasteiger partial charge is 0.354 e. The van der Waals surface area contributed by atoms with Crippen LogP contribution >= 0.6 is 0 Å². The van der Waals surface area contributed by atoms with E-state index in [0.717, 1.165) is 43.6 Å². The highest BCUT2D eigenvalue weighted by atomic mass is 32.2. The third kappa shape index (κ3) is 4.14. The SMILES string of the molecule is Cc1ccccc1S(=O)(=O)Nc1noc2cc(CN3CCC(N)CC3)cc(C)c12. The van der Waals surface area contributed by atoms with Gasteiger partial charge in [-0.1, -0.05) is 29.4 Å². The van der Waals surface area contributed by atoms with Crippen molar-refractivity contribution in [2.24, 2.45) is 5.73 Å². The zero-order valence-electron chi connectivity index (χ0n) is 16.7. The normalized spacial score (nSPS) is 16.4. The quantitative estimate of drug-likeness (QED) is 0.665. The summed E-state index contributed by atoms with van der Waals surface area (Å²) in [5.74, 6) is 0.219. The van der Waals surface area contributed by atoms with Crippen LogP contribution in [0.15, 0.2) is 45.8 Å². The van der Waals surface area contributed by atoms with Gasteiger partial charge in [0.2, 0.25) is 0 Å². The van der Waals surface area contributed by atoms with Crippen molar-refractivity contribution in [1.29, 1.82) is 0 Å². The van der Waals surface area contributed by atoms with Gasteiger partial charge in [-0.3, -0.25) is 9.62 Å². The minimum absolute atomic E-state index is 0.219. The van der Waals surface area contributed by atoms with E-state index in [-0.39, 0.29) is 10.7 Å². The molecule has 2 aromatic carbocycles. The molecule has 0 aliphatic carbocycles. The van der Waals surface area contributed by atoms with E-state index in [1.807, 2.05) is 19.1 Å². The highest BCUT2D eigenvalue weighted by Gasteiger charge is 2.22. The number of hydrogen-bond donors (Lipinski definition) is 2. The number of fused-ring (bicyclic) bond motifs is 1. The van der Waals surface area contributed by atoms with E-state index < -0.39 is 10.0 Å². The summed E-state index contributed by atoms with van der Waals surface area (Å²) in [5, 5.41) is 4.69. The first-order valence-electron chi connectivity index (χ1n) is 9.79. The average molecular weight is 415 g/mol. The molecular formula is C21H26N4O3S. The first kappa shape index (κ1) is 19.9. The summed E-state index contributed by atoms with van der Waals surface area (Å²) in [6.45, 7) is 6.49. The molecule has 7 nitrogen and oxygen atoms in total. The predicted molar refractivity (Wildman–Crippen MR) is 113 cm³/mol. The summed E-state index contributed by atoms with van der Waals surface area (Å²) < 4.78 is 33.7. The minimum Gasteiger partial charge on any atom is -0.354 e. The molecule has 4 rings (SSSR count). The Hall–Kier alpha value is -2.42. The molecular weight excluding hydrogens is 388 g/mol. The van der Waals surface area contributed by atoms with Crippen molar-refractivity contribution in [3.63, 3.8) is 0 Å². The van der Waals surface area contributed by atoms with E-state index in [2.05, 4.69) is 20.8 Å². The molecule has 1 fully saturated rings. The number of nitrogens with one attached hydrogen (secondary N) is 1. The molecule has 1 aromatic heterocycles. The van der Waals surface area contributed by atoms with Gasteiger partial charge >= 0.3 is 0 Å². The lowest BCUT2D eigenvalue weighted by molar-refractivity contribution is 0.205. The molecule has 0 amide bonds. The molecule has 3 N–H and O–H groups in total. The van der Waals surface area contributed by atoms with Gasteiger partial charge in [0.05, 0.1) is 10.3 Å². The van der Waals surface area contributed by atoms with Gasteiger partial charge in [0.15, 0.2) is 11.4 Å². The van der Waals surface area contributed by atoms with E-state index in [0.29, 0.717) is 22.6 Å². The lowest BCUT2D eigenvalue weighted by atomic mass is 10.0. The van der Waals surface area contributed by atoms with Crippen molar-refractivity contribution in [3.05, 3.63) is 53.1 Å². The molecule has 154 valence electrons. The molecule has 1 aliphatic rings. The Morgan fingerprint density at radius 3 is 2.62 bits per heavy atom. The van der Waals surface area contributed by atoms with Gasteiger partial charge in [-0.05, 0) is 68.6 Å². The predicted octanol–water partition coefficient (Wildman–Crippen LogP) is 3.17. The van der Waals surface area contributed by atoms with Gasteiger partial charge < -0.3 is 10.3 Å². The van der Waals surface area contributed by atoms with Gasteiger partial charge in [-0.2, -0.15) is 0 Å². The maximum atomic E-state index is 12.8. The number of piperidine rings is 1. The highest BCUT2D eigenvalue weighted by molar-refractivity contribution is 7.92. The number of hydrogen-bond acceptors (Lipinski definition) is 6. The number of rotatable bonds is 5. The molecule has 1 aliphatic heterocycles. The lowest BCUT2D eigenvalue weighted by Crippen LogP contribution is -2.39. The summed E-state index contributed by atoms with van der Waals surface area (Å²) >= 11 is 0. The Morgan fingerprint density at radius 1 is 1.17 bits per heavy atom. The molecule has 29 heavy (non-hydrogen) atoms. The fraction of sp³-hybridized carbons (Fsp3) is 0.381. The van der Waals surface area contributed by atoms with Crippen molar-refractivity contribution in [2.45, 2.75) is 44.2 Å². The maximum Gasteiger partial charge on any atom is 0.263 e. The Bertz CT molecular complexity index is 1130. The second-order valence-corrected chi connectivity index (χ2v) is 9.45. The second-order valence-electron chi connectivity index (χ2n) is 7.80. The fourth-order valence-electron chi connectivity index (χ4n) is 3.91. The summed E-state index contributed by atoms with van der Waals surface area (Å²) in [6, 6.07) is 11.2. The molecule has 8 heteroatoms. The van der Waals surface area contributed by atoms with Crippen LogP contribution in [-0.4, -0.2) is 37.6 Å². The number of anilines is 1. The third-order valence-electron chi connectivity index (χ3n) is 5.48. The van der Waals surface area contributed by atoms with E-state index in [1.165, 1.54) is 0 Å². The number of benzene rings is 2. The van der Waals surface area contributed by atoms with Crippen LogP contribution in [0, 0.1) is 13.8 Å². The van der Waals surface area contributed by atoms with Gasteiger partial charge in [-0.15, -0.1) is 0 Å². The maximum absolute atomic E-state index is 12.8. The zero-order chi connectivity index (χ0) is 20.6. The van der Waals surface area contributed by atoms with Crippen LogP contribution < -0.4 is 10.5 Å². The number of nitrogens with zero attached hydrogens (tertiary/aromatic N) is 2. The Kier molecular flexibility index (Phi) is 5.33. The number of aromatic nitrogens is 1. The third-order valence-corrected chi connectivity index (χ3v) is 6.98. The number of aryl methyl sites for hydroxylation is 2. The van der Waals surface area contributed by atoms with Crippen molar-refractivity contribution in [3.8, 4) is 0 Å². The molecule has 0 saturated carbocycles. The first-order chi connectivity index (χ1) is 13.8. The Labute approximate surface area is 170 Å². The van der Waals surface area contributed by atoms with Crippen LogP contribution in [0.1, 0.15) is 29.5 Å². The lowest BCUT2D eigenvalue weighted by Gasteiger charge is -2.30. The fourth-order valence-corrected chi connectivity index (χ4v) is 5.17. The zero-order valence-corrected chi connectivity index (χ0v) is 17.5. The van der Waals surface area contributed by atoms with Gasteiger partial charge in [0.25, 0.3) is 10.0 Å². The monoisotopic (exact) mass is 414 g/mol. The summed E-state index contributed by atoms with van der Waals surface area (Å²) in [6.07, 6.45) is 2.02. The molecule has 0 atom stereocenters. The van der Waals surface area contributed by atoms with Crippen molar-refractivity contribution in [1.82, 2.24) is 10.1 Å². The van der Waals surface area contributed by atoms with Crippen LogP contribution in [0.5, 0.6) is 0 Å². The van der Waals surface area contributed by atoms with Crippen LogP contribution in [0.3, 0.4) is 0 Å². The molecule has 0 spiro atoms. The summed E-state index contributed by atoms with van der Waals surface area (Å²) in [7, 11) is -3.75. The smallest absolute Gasteiger partial charge is 0.263 e. The van der Waals surface area contributed by atoms with Gasteiger partial charge in [0, 0.05) is 12.6 Å². The molecule has 3 aromatic rings.